The van der Waals surface area contributed by atoms with Gasteiger partial charge in [0.15, 0.2) is 5.82 Å². The van der Waals surface area contributed by atoms with Crippen molar-refractivity contribution in [1.29, 1.82) is 0 Å². The van der Waals surface area contributed by atoms with E-state index >= 15 is 0 Å². The number of aliphatic hydroxyl groups is 1. The topological polar surface area (TPSA) is 88.2 Å². The molecule has 2 aromatic heterocycles. The fourth-order valence-electron chi connectivity index (χ4n) is 4.36. The summed E-state index contributed by atoms with van der Waals surface area (Å²) in [6, 6.07) is 5.74. The lowest BCUT2D eigenvalue weighted by Crippen LogP contribution is -2.29. The van der Waals surface area contributed by atoms with E-state index in [4.69, 9.17) is 16.6 Å². The van der Waals surface area contributed by atoms with E-state index in [1.54, 1.807) is 36.2 Å². The van der Waals surface area contributed by atoms with Crippen LogP contribution in [0.5, 0.6) is 0 Å². The molecule has 1 aliphatic rings. The molecule has 3 aromatic rings. The minimum Gasteiger partial charge on any atom is -0.390 e. The van der Waals surface area contributed by atoms with Crippen LogP contribution in [0, 0.1) is 5.92 Å². The molecule has 2 N–H and O–H groups in total. The molecular weight excluding hydrogens is 440 g/mol. The third-order valence-corrected chi connectivity index (χ3v) is 6.55. The van der Waals surface area contributed by atoms with Crippen molar-refractivity contribution < 1.29 is 5.11 Å². The second-order valence-electron chi connectivity index (χ2n) is 9.80. The van der Waals surface area contributed by atoms with Crippen molar-refractivity contribution in [3.8, 4) is 0 Å². The highest BCUT2D eigenvalue weighted by atomic mass is 35.5. The summed E-state index contributed by atoms with van der Waals surface area (Å²) in [5.74, 6) is 1.82. The Balaban J connectivity index is 1.64. The molecule has 178 valence electrons. The van der Waals surface area contributed by atoms with Crippen LogP contribution in [0.2, 0.25) is 5.02 Å². The maximum absolute atomic E-state index is 12.8. The molecule has 1 aliphatic heterocycles. The lowest BCUT2D eigenvalue weighted by Gasteiger charge is -2.23. The summed E-state index contributed by atoms with van der Waals surface area (Å²) in [6.07, 6.45) is 5.69. The van der Waals surface area contributed by atoms with Gasteiger partial charge < -0.3 is 15.3 Å². The summed E-state index contributed by atoms with van der Waals surface area (Å²) >= 11 is 6.43. The van der Waals surface area contributed by atoms with E-state index in [2.05, 4.69) is 22.1 Å². The van der Waals surface area contributed by atoms with Gasteiger partial charge in [0.25, 0.3) is 0 Å². The molecule has 0 radical (unpaired) electrons. The van der Waals surface area contributed by atoms with Crippen molar-refractivity contribution in [2.45, 2.75) is 58.6 Å². The molecule has 4 rings (SSSR count). The van der Waals surface area contributed by atoms with Crippen molar-refractivity contribution in [1.82, 2.24) is 19.1 Å². The van der Waals surface area contributed by atoms with Crippen molar-refractivity contribution >= 4 is 40.1 Å². The second kappa shape index (κ2) is 9.35. The number of fused-ring (bicyclic) bond motifs is 1. The molecular formula is C24H33ClN6O2. The Hall–Kier alpha value is -2.58. The van der Waals surface area contributed by atoms with Gasteiger partial charge in [0.1, 0.15) is 5.02 Å². The molecule has 9 heteroatoms. The summed E-state index contributed by atoms with van der Waals surface area (Å²) in [5.41, 5.74) is 1.44. The van der Waals surface area contributed by atoms with Gasteiger partial charge in [0.05, 0.1) is 22.8 Å². The lowest BCUT2D eigenvalue weighted by atomic mass is 10.1. The first-order valence-electron chi connectivity index (χ1n) is 11.6. The number of hydrogen-bond donors (Lipinski definition) is 2. The first kappa shape index (κ1) is 23.6. The number of nitrogens with one attached hydrogen (secondary N) is 1. The van der Waals surface area contributed by atoms with Crippen molar-refractivity contribution in [2.75, 3.05) is 23.3 Å². The first-order chi connectivity index (χ1) is 15.6. The van der Waals surface area contributed by atoms with Crippen LogP contribution in [0.3, 0.4) is 0 Å². The molecule has 33 heavy (non-hydrogen) atoms. The highest BCUT2D eigenvalue weighted by Gasteiger charge is 2.19. The number of aryl methyl sites for hydroxylation is 2. The molecule has 1 saturated heterocycles. The Morgan fingerprint density at radius 3 is 2.82 bits per heavy atom. The molecule has 3 heterocycles. The first-order valence-corrected chi connectivity index (χ1v) is 12.0. The van der Waals surface area contributed by atoms with Gasteiger partial charge >= 0.3 is 5.69 Å². The van der Waals surface area contributed by atoms with Crippen LogP contribution < -0.4 is 15.9 Å². The number of rotatable bonds is 6. The van der Waals surface area contributed by atoms with E-state index in [1.807, 2.05) is 18.2 Å². The Morgan fingerprint density at radius 1 is 1.27 bits per heavy atom. The molecule has 0 saturated carbocycles. The monoisotopic (exact) mass is 472 g/mol. The summed E-state index contributed by atoms with van der Waals surface area (Å²) in [7, 11) is 1.76. The standard InChI is InChI=1S/C24H33ClN6O2/c1-16-7-5-6-11-30(15-16)22-26-14-18(25)21(28-22)27-17-8-9-19-20(13-17)31(23(32)29(19)4)12-10-24(2,3)33/h8-9,13-14,16,33H,5-7,10-12,15H2,1-4H3,(H,26,27,28). The minimum absolute atomic E-state index is 0.107. The second-order valence-corrected chi connectivity index (χ2v) is 10.2. The highest BCUT2D eigenvalue weighted by molar-refractivity contribution is 6.32. The number of hydrogen-bond acceptors (Lipinski definition) is 6. The van der Waals surface area contributed by atoms with Crippen LogP contribution in [0.1, 0.15) is 46.5 Å². The molecule has 0 bridgehead atoms. The predicted octanol–water partition coefficient (Wildman–Crippen LogP) is 4.31. The van der Waals surface area contributed by atoms with Gasteiger partial charge in [-0.05, 0) is 57.2 Å². The van der Waals surface area contributed by atoms with Crippen LogP contribution in [-0.2, 0) is 13.6 Å². The maximum Gasteiger partial charge on any atom is 0.328 e. The molecule has 8 nitrogen and oxygen atoms in total. The van der Waals surface area contributed by atoms with Crippen molar-refractivity contribution in [3.63, 3.8) is 0 Å². The Bertz CT molecular complexity index is 1200. The largest absolute Gasteiger partial charge is 0.390 e. The van der Waals surface area contributed by atoms with E-state index < -0.39 is 5.60 Å². The summed E-state index contributed by atoms with van der Waals surface area (Å²) in [5, 5.41) is 13.9. The van der Waals surface area contributed by atoms with Crippen molar-refractivity contribution in [2.24, 2.45) is 13.0 Å². The van der Waals surface area contributed by atoms with Crippen LogP contribution in [0.4, 0.5) is 17.5 Å². The van der Waals surface area contributed by atoms with Gasteiger partial charge in [-0.1, -0.05) is 24.9 Å². The molecule has 0 spiro atoms. The predicted molar refractivity (Wildman–Crippen MR) is 134 cm³/mol. The normalized spacial score (nSPS) is 17.4. The van der Waals surface area contributed by atoms with Gasteiger partial charge in [-0.2, -0.15) is 4.98 Å². The fourth-order valence-corrected chi connectivity index (χ4v) is 4.50. The van der Waals surface area contributed by atoms with E-state index in [-0.39, 0.29) is 5.69 Å². The van der Waals surface area contributed by atoms with Crippen LogP contribution in [0.25, 0.3) is 11.0 Å². The number of anilines is 3. The number of aromatic nitrogens is 4. The summed E-state index contributed by atoms with van der Waals surface area (Å²) in [4.78, 5) is 24.2. The van der Waals surface area contributed by atoms with Gasteiger partial charge in [-0.25, -0.2) is 9.78 Å². The fraction of sp³-hybridized carbons (Fsp3) is 0.542. The number of halogens is 1. The molecule has 0 amide bonds. The number of imidazole rings is 1. The summed E-state index contributed by atoms with van der Waals surface area (Å²) in [6.45, 7) is 8.06. The maximum atomic E-state index is 12.8. The lowest BCUT2D eigenvalue weighted by molar-refractivity contribution is 0.0662. The van der Waals surface area contributed by atoms with E-state index in [0.29, 0.717) is 35.7 Å². The van der Waals surface area contributed by atoms with Gasteiger partial charge in [-0.15, -0.1) is 0 Å². The van der Waals surface area contributed by atoms with E-state index in [1.165, 1.54) is 12.8 Å². The number of nitrogens with zero attached hydrogens (tertiary/aromatic N) is 5. The van der Waals surface area contributed by atoms with Crippen LogP contribution >= 0.6 is 11.6 Å². The third-order valence-electron chi connectivity index (χ3n) is 6.28. The Morgan fingerprint density at radius 2 is 2.06 bits per heavy atom. The zero-order valence-corrected chi connectivity index (χ0v) is 20.6. The average Bonchev–Trinajstić information content (AvgIpc) is 2.88. The molecule has 1 fully saturated rings. The summed E-state index contributed by atoms with van der Waals surface area (Å²) < 4.78 is 3.32. The highest BCUT2D eigenvalue weighted by Crippen LogP contribution is 2.28. The number of benzene rings is 1. The zero-order chi connectivity index (χ0) is 23.8. The van der Waals surface area contributed by atoms with Gasteiger partial charge in [-0.3, -0.25) is 9.13 Å². The SMILES string of the molecule is CC1CCCCN(c2ncc(Cl)c(Nc3ccc4c(c3)n(CCC(C)(C)O)c(=O)n4C)n2)C1. The smallest absolute Gasteiger partial charge is 0.328 e. The van der Waals surface area contributed by atoms with Crippen LogP contribution in [0.15, 0.2) is 29.2 Å². The quantitative estimate of drug-likeness (QED) is 0.555. The third kappa shape index (κ3) is 5.33. The zero-order valence-electron chi connectivity index (χ0n) is 19.8. The van der Waals surface area contributed by atoms with Gasteiger partial charge in [0, 0.05) is 32.4 Å². The van der Waals surface area contributed by atoms with E-state index in [9.17, 15) is 9.90 Å². The Kier molecular flexibility index (Phi) is 6.68. The molecule has 1 atom stereocenters. The molecule has 0 aliphatic carbocycles. The Labute approximate surface area is 199 Å². The van der Waals surface area contributed by atoms with Crippen molar-refractivity contribution in [3.05, 3.63) is 39.9 Å². The molecule has 1 unspecified atom stereocenters. The van der Waals surface area contributed by atoms with Crippen LogP contribution in [-0.4, -0.2) is 42.9 Å². The van der Waals surface area contributed by atoms with Gasteiger partial charge in [0.2, 0.25) is 5.95 Å². The average molecular weight is 473 g/mol. The molecule has 1 aromatic carbocycles. The van der Waals surface area contributed by atoms with E-state index in [0.717, 1.165) is 36.2 Å². The minimum atomic E-state index is -0.854.